The van der Waals surface area contributed by atoms with Gasteiger partial charge in [0, 0.05) is 5.56 Å². The van der Waals surface area contributed by atoms with E-state index in [2.05, 4.69) is 15.1 Å². The number of rotatable bonds is 4. The summed E-state index contributed by atoms with van der Waals surface area (Å²) < 4.78 is 12.1. The lowest BCUT2D eigenvalue weighted by Gasteiger charge is -2.02. The normalized spacial score (nSPS) is 15.0. The van der Waals surface area contributed by atoms with E-state index in [1.165, 1.54) is 6.33 Å². The Labute approximate surface area is 149 Å². The van der Waals surface area contributed by atoms with Crippen molar-refractivity contribution in [2.24, 2.45) is 4.99 Å². The van der Waals surface area contributed by atoms with Crippen LogP contribution < -0.4 is 4.74 Å². The molecule has 0 spiro atoms. The number of nitrogens with zero attached hydrogens (tertiary/aromatic N) is 4. The average Bonchev–Trinajstić information content (AvgIpc) is 3.33. The smallest absolute Gasteiger partial charge is 0.363 e. The molecule has 1 aromatic heterocycles. The van der Waals surface area contributed by atoms with E-state index in [1.807, 2.05) is 42.5 Å². The van der Waals surface area contributed by atoms with Crippen molar-refractivity contribution in [3.8, 4) is 11.4 Å². The summed E-state index contributed by atoms with van der Waals surface area (Å²) in [6, 6.07) is 14.7. The first-order valence-electron chi connectivity index (χ1n) is 7.85. The molecule has 4 rings (SSSR count). The number of methoxy groups -OCH3 is 1. The van der Waals surface area contributed by atoms with E-state index in [0.29, 0.717) is 11.3 Å². The molecule has 0 aliphatic carbocycles. The zero-order valence-corrected chi connectivity index (χ0v) is 13.9. The average molecular weight is 346 g/mol. The predicted octanol–water partition coefficient (Wildman–Crippen LogP) is 2.62. The lowest BCUT2D eigenvalue weighted by Crippen LogP contribution is -2.05. The molecule has 0 saturated heterocycles. The van der Waals surface area contributed by atoms with E-state index in [4.69, 9.17) is 9.47 Å². The molecular formula is C19H14N4O3. The number of hydrogen-bond donors (Lipinski definition) is 0. The minimum absolute atomic E-state index is 0.247. The van der Waals surface area contributed by atoms with Gasteiger partial charge >= 0.3 is 5.97 Å². The molecular weight excluding hydrogens is 332 g/mol. The molecule has 1 aliphatic heterocycles. The molecule has 0 radical (unpaired) electrons. The fourth-order valence-corrected chi connectivity index (χ4v) is 2.51. The molecule has 0 bridgehead atoms. The Morgan fingerprint density at radius 2 is 2.00 bits per heavy atom. The summed E-state index contributed by atoms with van der Waals surface area (Å²) in [5.41, 5.74) is 2.63. The molecule has 1 aliphatic rings. The Balaban J connectivity index is 1.60. The summed E-state index contributed by atoms with van der Waals surface area (Å²) in [6.07, 6.45) is 4.77. The molecule has 0 N–H and O–H groups in total. The number of hydrogen-bond acceptors (Lipinski definition) is 6. The number of carbonyl (C=O) groups is 1. The summed E-state index contributed by atoms with van der Waals surface area (Å²) in [6.45, 7) is 0. The van der Waals surface area contributed by atoms with Crippen molar-refractivity contribution in [1.29, 1.82) is 0 Å². The van der Waals surface area contributed by atoms with E-state index in [-0.39, 0.29) is 11.6 Å². The highest BCUT2D eigenvalue weighted by atomic mass is 16.6. The molecule has 0 atom stereocenters. The van der Waals surface area contributed by atoms with Gasteiger partial charge in [0.05, 0.1) is 12.8 Å². The molecule has 128 valence electrons. The first-order valence-corrected chi connectivity index (χ1v) is 7.85. The third kappa shape index (κ3) is 3.10. The number of ether oxygens (including phenoxy) is 2. The zero-order valence-electron chi connectivity index (χ0n) is 13.9. The van der Waals surface area contributed by atoms with Gasteiger partial charge in [0.15, 0.2) is 5.70 Å². The van der Waals surface area contributed by atoms with Gasteiger partial charge in [-0.2, -0.15) is 5.10 Å². The summed E-state index contributed by atoms with van der Waals surface area (Å²) in [4.78, 5) is 20.3. The topological polar surface area (TPSA) is 78.6 Å². The highest BCUT2D eigenvalue weighted by Gasteiger charge is 2.24. The molecule has 2 aromatic carbocycles. The second kappa shape index (κ2) is 6.64. The third-order valence-corrected chi connectivity index (χ3v) is 3.82. The van der Waals surface area contributed by atoms with Gasteiger partial charge in [-0.1, -0.05) is 18.2 Å². The van der Waals surface area contributed by atoms with Crippen LogP contribution in [0.3, 0.4) is 0 Å². The number of aromatic nitrogens is 3. The molecule has 0 unspecified atom stereocenters. The summed E-state index contributed by atoms with van der Waals surface area (Å²) in [5, 5.41) is 4.07. The fourth-order valence-electron chi connectivity index (χ4n) is 2.51. The molecule has 26 heavy (non-hydrogen) atoms. The lowest BCUT2D eigenvalue weighted by molar-refractivity contribution is -0.129. The van der Waals surface area contributed by atoms with E-state index in [9.17, 15) is 4.79 Å². The fraction of sp³-hybridized carbons (Fsp3) is 0.0526. The van der Waals surface area contributed by atoms with Crippen LogP contribution in [0.4, 0.5) is 0 Å². The van der Waals surface area contributed by atoms with Crippen LogP contribution in [0.5, 0.6) is 5.75 Å². The van der Waals surface area contributed by atoms with Gasteiger partial charge in [-0.15, -0.1) is 0 Å². The van der Waals surface area contributed by atoms with E-state index in [0.717, 1.165) is 11.3 Å². The maximum absolute atomic E-state index is 12.1. The molecule has 0 amide bonds. The maximum atomic E-state index is 12.1. The van der Waals surface area contributed by atoms with Crippen molar-refractivity contribution in [3.63, 3.8) is 0 Å². The molecule has 3 aromatic rings. The highest BCUT2D eigenvalue weighted by molar-refractivity contribution is 6.12. The lowest BCUT2D eigenvalue weighted by atomic mass is 10.2. The van der Waals surface area contributed by atoms with Gasteiger partial charge in [0.25, 0.3) is 0 Å². The summed E-state index contributed by atoms with van der Waals surface area (Å²) in [7, 11) is 1.58. The van der Waals surface area contributed by atoms with Gasteiger partial charge in [-0.05, 0) is 42.0 Å². The van der Waals surface area contributed by atoms with Crippen molar-refractivity contribution < 1.29 is 14.3 Å². The van der Waals surface area contributed by atoms with Crippen molar-refractivity contribution in [1.82, 2.24) is 14.8 Å². The van der Waals surface area contributed by atoms with Crippen LogP contribution in [0.2, 0.25) is 0 Å². The van der Waals surface area contributed by atoms with Crippen LogP contribution in [-0.2, 0) is 9.53 Å². The number of aliphatic imine (C=N–C) groups is 1. The zero-order chi connectivity index (χ0) is 17.9. The Morgan fingerprint density at radius 1 is 1.15 bits per heavy atom. The second-order valence-corrected chi connectivity index (χ2v) is 5.50. The second-order valence-electron chi connectivity index (χ2n) is 5.50. The number of cyclic esters (lactones) is 1. The first kappa shape index (κ1) is 15.8. The molecule has 0 fully saturated rings. The van der Waals surface area contributed by atoms with Crippen LogP contribution >= 0.6 is 0 Å². The van der Waals surface area contributed by atoms with E-state index < -0.39 is 5.97 Å². The molecule has 7 heteroatoms. The number of benzene rings is 2. The summed E-state index contributed by atoms with van der Waals surface area (Å²) >= 11 is 0. The first-order chi connectivity index (χ1) is 12.7. The van der Waals surface area contributed by atoms with Crippen LogP contribution in [-0.4, -0.2) is 33.7 Å². The van der Waals surface area contributed by atoms with Gasteiger partial charge in [-0.3, -0.25) is 0 Å². The molecule has 0 saturated carbocycles. The largest absolute Gasteiger partial charge is 0.497 e. The van der Waals surface area contributed by atoms with Crippen molar-refractivity contribution in [2.45, 2.75) is 0 Å². The van der Waals surface area contributed by atoms with E-state index in [1.54, 1.807) is 30.3 Å². The van der Waals surface area contributed by atoms with Crippen molar-refractivity contribution in [2.75, 3.05) is 7.11 Å². The Kier molecular flexibility index (Phi) is 4.03. The number of carbonyl (C=O) groups excluding carboxylic acids is 1. The Morgan fingerprint density at radius 3 is 2.73 bits per heavy atom. The standard InChI is InChI=1S/C19H14N4O3/c1-25-16-4-2-3-14(10-16)18-22-17(19(24)26-18)9-13-5-7-15(8-6-13)23-12-20-11-21-23/h2-12H,1H3/b17-9-. The van der Waals surface area contributed by atoms with Gasteiger partial charge in [0.1, 0.15) is 18.4 Å². The van der Waals surface area contributed by atoms with Crippen LogP contribution in [0.1, 0.15) is 11.1 Å². The van der Waals surface area contributed by atoms with Crippen molar-refractivity contribution >= 4 is 17.9 Å². The highest BCUT2D eigenvalue weighted by Crippen LogP contribution is 2.22. The monoisotopic (exact) mass is 346 g/mol. The maximum Gasteiger partial charge on any atom is 0.363 e. The van der Waals surface area contributed by atoms with Crippen LogP contribution in [0, 0.1) is 0 Å². The minimum Gasteiger partial charge on any atom is -0.497 e. The quantitative estimate of drug-likeness (QED) is 0.536. The van der Waals surface area contributed by atoms with Gasteiger partial charge in [0.2, 0.25) is 5.90 Å². The van der Waals surface area contributed by atoms with Gasteiger partial charge < -0.3 is 9.47 Å². The third-order valence-electron chi connectivity index (χ3n) is 3.82. The summed E-state index contributed by atoms with van der Waals surface area (Å²) in [5.74, 6) is 0.449. The minimum atomic E-state index is -0.483. The Bertz CT molecular complexity index is 1010. The predicted molar refractivity (Wildman–Crippen MR) is 95.0 cm³/mol. The van der Waals surface area contributed by atoms with Crippen LogP contribution in [0.25, 0.3) is 11.8 Å². The number of esters is 1. The van der Waals surface area contributed by atoms with E-state index >= 15 is 0 Å². The van der Waals surface area contributed by atoms with Crippen molar-refractivity contribution in [3.05, 3.63) is 78.0 Å². The Hall–Kier alpha value is -3.74. The van der Waals surface area contributed by atoms with Crippen LogP contribution in [0.15, 0.2) is 71.9 Å². The molecule has 7 nitrogen and oxygen atoms in total. The molecule has 2 heterocycles. The SMILES string of the molecule is COc1cccc(C2=N/C(=C\c3ccc(-n4cncn4)cc3)C(=O)O2)c1. The van der Waals surface area contributed by atoms with Gasteiger partial charge in [-0.25, -0.2) is 19.5 Å².